The highest BCUT2D eigenvalue weighted by Gasteiger charge is 2.14. The van der Waals surface area contributed by atoms with Crippen LogP contribution >= 0.6 is 15.9 Å². The molecule has 0 saturated carbocycles. The first-order valence-electron chi connectivity index (χ1n) is 6.47. The summed E-state index contributed by atoms with van der Waals surface area (Å²) in [5, 5.41) is 5.32. The van der Waals surface area contributed by atoms with E-state index in [0.29, 0.717) is 0 Å². The molecule has 2 amide bonds. The summed E-state index contributed by atoms with van der Waals surface area (Å²) in [6, 6.07) is 4.61. The number of nitrogens with one attached hydrogen (secondary N) is 2. The van der Waals surface area contributed by atoms with Crippen molar-refractivity contribution >= 4 is 27.7 Å². The second-order valence-corrected chi connectivity index (χ2v) is 5.34. The van der Waals surface area contributed by atoms with Crippen molar-refractivity contribution in [3.8, 4) is 0 Å². The highest BCUT2D eigenvalue weighted by atomic mass is 79.9. The molecule has 2 N–H and O–H groups in total. The van der Waals surface area contributed by atoms with Crippen molar-refractivity contribution in [2.45, 2.75) is 32.7 Å². The predicted octanol–water partition coefficient (Wildman–Crippen LogP) is 2.62. The third-order valence-corrected chi connectivity index (χ3v) is 3.47. The Kier molecular flexibility index (Phi) is 6.64. The lowest BCUT2D eigenvalue weighted by atomic mass is 10.2. The Morgan fingerprint density at radius 2 is 2.10 bits per heavy atom. The van der Waals surface area contributed by atoms with Gasteiger partial charge in [0.15, 0.2) is 0 Å². The van der Waals surface area contributed by atoms with E-state index in [9.17, 15) is 14.0 Å². The van der Waals surface area contributed by atoms with Crippen molar-refractivity contribution in [2.75, 3.05) is 6.54 Å². The molecule has 1 aromatic rings. The fourth-order valence-electron chi connectivity index (χ4n) is 1.51. The van der Waals surface area contributed by atoms with Crippen LogP contribution in [-0.2, 0) is 4.79 Å². The van der Waals surface area contributed by atoms with Gasteiger partial charge >= 0.3 is 0 Å². The van der Waals surface area contributed by atoms with Crippen molar-refractivity contribution in [3.05, 3.63) is 34.1 Å². The van der Waals surface area contributed by atoms with Crippen molar-refractivity contribution in [1.29, 1.82) is 0 Å². The van der Waals surface area contributed by atoms with E-state index in [0.717, 1.165) is 6.42 Å². The second-order valence-electron chi connectivity index (χ2n) is 4.48. The molecule has 0 spiro atoms. The maximum atomic E-state index is 13.7. The van der Waals surface area contributed by atoms with Gasteiger partial charge in [0.05, 0.1) is 10.0 Å². The van der Waals surface area contributed by atoms with Crippen LogP contribution in [0.4, 0.5) is 4.39 Å². The lowest BCUT2D eigenvalue weighted by molar-refractivity contribution is -0.121. The fraction of sp³-hybridized carbons (Fsp3) is 0.429. The average molecular weight is 345 g/mol. The van der Waals surface area contributed by atoms with Gasteiger partial charge in [-0.2, -0.15) is 0 Å². The number of amides is 2. The van der Waals surface area contributed by atoms with Gasteiger partial charge in [-0.3, -0.25) is 9.59 Å². The Bertz CT molecular complexity index is 494. The summed E-state index contributed by atoms with van der Waals surface area (Å²) in [7, 11) is 0. The standard InChI is InChI=1S/C14H18BrFN2O2/c1-3-9(2)18-12(19)7-8-17-14(20)10-5-4-6-11(15)13(10)16/h4-6,9H,3,7-8H2,1-2H3,(H,17,20)(H,18,19). The summed E-state index contributed by atoms with van der Waals surface area (Å²) >= 11 is 3.02. The molecule has 0 bridgehead atoms. The van der Waals surface area contributed by atoms with E-state index >= 15 is 0 Å². The molecular formula is C14H18BrFN2O2. The van der Waals surface area contributed by atoms with Gasteiger partial charge in [0.2, 0.25) is 5.91 Å². The van der Waals surface area contributed by atoms with Crippen molar-refractivity contribution in [1.82, 2.24) is 10.6 Å². The molecule has 1 atom stereocenters. The Hall–Kier alpha value is -1.43. The molecule has 0 aliphatic heterocycles. The smallest absolute Gasteiger partial charge is 0.254 e. The Labute approximate surface area is 126 Å². The zero-order chi connectivity index (χ0) is 15.1. The summed E-state index contributed by atoms with van der Waals surface area (Å²) in [6.45, 7) is 4.06. The monoisotopic (exact) mass is 344 g/mol. The van der Waals surface area contributed by atoms with Gasteiger partial charge in [-0.05, 0) is 41.4 Å². The molecule has 20 heavy (non-hydrogen) atoms. The van der Waals surface area contributed by atoms with Crippen LogP contribution in [0.15, 0.2) is 22.7 Å². The van der Waals surface area contributed by atoms with Crippen LogP contribution in [0.1, 0.15) is 37.0 Å². The Morgan fingerprint density at radius 1 is 1.40 bits per heavy atom. The van der Waals surface area contributed by atoms with Gasteiger partial charge in [0.1, 0.15) is 5.82 Å². The quantitative estimate of drug-likeness (QED) is 0.833. The van der Waals surface area contributed by atoms with Crippen LogP contribution in [0.3, 0.4) is 0 Å². The van der Waals surface area contributed by atoms with Crippen molar-refractivity contribution in [3.63, 3.8) is 0 Å². The van der Waals surface area contributed by atoms with Crippen LogP contribution in [0.5, 0.6) is 0 Å². The molecule has 0 aliphatic carbocycles. The van der Waals surface area contributed by atoms with E-state index in [1.807, 2.05) is 13.8 Å². The molecular weight excluding hydrogens is 327 g/mol. The fourth-order valence-corrected chi connectivity index (χ4v) is 1.88. The largest absolute Gasteiger partial charge is 0.354 e. The zero-order valence-corrected chi connectivity index (χ0v) is 13.1. The van der Waals surface area contributed by atoms with E-state index in [4.69, 9.17) is 0 Å². The third kappa shape index (κ3) is 4.92. The van der Waals surface area contributed by atoms with Crippen LogP contribution < -0.4 is 10.6 Å². The number of rotatable bonds is 6. The van der Waals surface area contributed by atoms with Crippen LogP contribution in [-0.4, -0.2) is 24.4 Å². The van der Waals surface area contributed by atoms with Gasteiger partial charge < -0.3 is 10.6 Å². The molecule has 0 radical (unpaired) electrons. The first kappa shape index (κ1) is 16.6. The van der Waals surface area contributed by atoms with Gasteiger partial charge in [0.25, 0.3) is 5.91 Å². The lowest BCUT2D eigenvalue weighted by Gasteiger charge is -2.11. The number of carbonyl (C=O) groups excluding carboxylic acids is 2. The molecule has 110 valence electrons. The highest BCUT2D eigenvalue weighted by molar-refractivity contribution is 9.10. The molecule has 0 heterocycles. The summed E-state index contributed by atoms with van der Waals surface area (Å²) in [5.41, 5.74) is -0.0401. The Balaban J connectivity index is 2.44. The molecule has 0 aliphatic rings. The number of benzene rings is 1. The minimum absolute atomic E-state index is 0.0401. The van der Waals surface area contributed by atoms with Gasteiger partial charge in [-0.15, -0.1) is 0 Å². The van der Waals surface area contributed by atoms with Crippen molar-refractivity contribution in [2.24, 2.45) is 0 Å². The van der Waals surface area contributed by atoms with Gasteiger partial charge in [-0.25, -0.2) is 4.39 Å². The van der Waals surface area contributed by atoms with Crippen LogP contribution in [0.25, 0.3) is 0 Å². The summed E-state index contributed by atoms with van der Waals surface area (Å²) in [6.07, 6.45) is 1.02. The normalized spacial score (nSPS) is 11.8. The van der Waals surface area contributed by atoms with E-state index < -0.39 is 11.7 Å². The number of hydrogen-bond acceptors (Lipinski definition) is 2. The highest BCUT2D eigenvalue weighted by Crippen LogP contribution is 2.18. The first-order chi connectivity index (χ1) is 9.45. The number of carbonyl (C=O) groups is 2. The molecule has 6 heteroatoms. The average Bonchev–Trinajstić information content (AvgIpc) is 2.41. The van der Waals surface area contributed by atoms with Crippen molar-refractivity contribution < 1.29 is 14.0 Å². The minimum Gasteiger partial charge on any atom is -0.354 e. The molecule has 1 rings (SSSR count). The zero-order valence-electron chi connectivity index (χ0n) is 11.5. The maximum absolute atomic E-state index is 13.7. The van der Waals surface area contributed by atoms with Crippen LogP contribution in [0.2, 0.25) is 0 Å². The van der Waals surface area contributed by atoms with Crippen LogP contribution in [0, 0.1) is 5.82 Å². The summed E-state index contributed by atoms with van der Waals surface area (Å²) in [4.78, 5) is 23.3. The minimum atomic E-state index is -0.603. The topological polar surface area (TPSA) is 58.2 Å². The molecule has 4 nitrogen and oxygen atoms in total. The predicted molar refractivity (Wildman–Crippen MR) is 78.9 cm³/mol. The molecule has 0 saturated heterocycles. The third-order valence-electron chi connectivity index (χ3n) is 2.85. The van der Waals surface area contributed by atoms with E-state index in [1.54, 1.807) is 6.07 Å². The van der Waals surface area contributed by atoms with E-state index in [-0.39, 0.29) is 35.0 Å². The number of hydrogen-bond donors (Lipinski definition) is 2. The molecule has 1 aromatic carbocycles. The van der Waals surface area contributed by atoms with E-state index in [2.05, 4.69) is 26.6 Å². The molecule has 0 aromatic heterocycles. The van der Waals surface area contributed by atoms with Gasteiger partial charge in [-0.1, -0.05) is 13.0 Å². The van der Waals surface area contributed by atoms with Gasteiger partial charge in [0, 0.05) is 19.0 Å². The first-order valence-corrected chi connectivity index (χ1v) is 7.26. The summed E-state index contributed by atoms with van der Waals surface area (Å²) in [5.74, 6) is -1.26. The van der Waals surface area contributed by atoms with E-state index in [1.165, 1.54) is 12.1 Å². The summed E-state index contributed by atoms with van der Waals surface area (Å²) < 4.78 is 13.9. The lowest BCUT2D eigenvalue weighted by Crippen LogP contribution is -2.35. The molecule has 0 fully saturated rings. The second kappa shape index (κ2) is 7.99. The molecule has 1 unspecified atom stereocenters. The SMILES string of the molecule is CCC(C)NC(=O)CCNC(=O)c1cccc(Br)c1F. The Morgan fingerprint density at radius 3 is 2.75 bits per heavy atom. The maximum Gasteiger partial charge on any atom is 0.254 e. The number of halogens is 2.